The second kappa shape index (κ2) is 12.6. The lowest BCUT2D eigenvalue weighted by Gasteiger charge is -2.48. The molecule has 0 saturated heterocycles. The predicted octanol–water partition coefficient (Wildman–Crippen LogP) is 11.5. The van der Waals surface area contributed by atoms with Gasteiger partial charge in [-0.05, 0) is 85.8 Å². The van der Waals surface area contributed by atoms with E-state index in [2.05, 4.69) is 181 Å². The molecule has 0 amide bonds. The maximum Gasteiger partial charge on any atom is 0.159 e. The Morgan fingerprint density at radius 1 is 0.684 bits per heavy atom. The molecule has 6 aromatic carbocycles. The highest BCUT2D eigenvalue weighted by atomic mass is 16.5. The Kier molecular flexibility index (Phi) is 7.19. The van der Waals surface area contributed by atoms with Crippen LogP contribution in [0.15, 0.2) is 197 Å². The molecule has 0 radical (unpaired) electrons. The molecule has 1 spiro atoms. The van der Waals surface area contributed by atoms with Crippen LogP contribution in [0.4, 0.5) is 0 Å². The van der Waals surface area contributed by atoms with Crippen molar-refractivity contribution < 1.29 is 4.74 Å². The van der Waals surface area contributed by atoms with E-state index in [0.717, 1.165) is 53.4 Å². The van der Waals surface area contributed by atoms with Gasteiger partial charge >= 0.3 is 0 Å². The van der Waals surface area contributed by atoms with Crippen molar-refractivity contribution >= 4 is 28.5 Å². The number of ether oxygens (including phenoxy) is 1. The fraction of sp³-hybridized carbons (Fsp3) is 0.132. The van der Waals surface area contributed by atoms with Crippen molar-refractivity contribution in [1.82, 2.24) is 5.32 Å². The predicted molar refractivity (Wildman–Crippen MR) is 231 cm³/mol. The third kappa shape index (κ3) is 4.80. The second-order valence-electron chi connectivity index (χ2n) is 15.8. The molecule has 0 fully saturated rings. The molecule has 2 aliphatic heterocycles. The molecule has 4 heteroatoms. The number of rotatable bonds is 4. The lowest BCUT2D eigenvalue weighted by Crippen LogP contribution is -2.43. The average molecular weight is 734 g/mol. The van der Waals surface area contributed by atoms with Gasteiger partial charge < -0.3 is 10.1 Å². The number of benzene rings is 6. The van der Waals surface area contributed by atoms with E-state index in [-0.39, 0.29) is 18.2 Å². The number of allylic oxidation sites excluding steroid dienone is 7. The standard InChI is InChI=1S/C53H39N3O/c1-2-15-34(16-3-1)50-54-51(37-31-35-19-12-17-33-18-13-20-36(32-37)48(33)35)56-52(55-50)42-24-5-4-21-38(42)41-25-14-29-46-49(41)57-47-30-11-10-28-45(47)53(46)43-26-8-6-22-39(43)40-23-7-9-27-44(40)53/h1-17,19-24,26-29,31-32,41,47,51H,18,25,30H2,(H,54,55,56). The van der Waals surface area contributed by atoms with Crippen molar-refractivity contribution in [2.24, 2.45) is 9.98 Å². The lowest BCUT2D eigenvalue weighted by atomic mass is 9.60. The Morgan fingerprint density at radius 3 is 2.30 bits per heavy atom. The number of nitrogens with zero attached hydrogens (tertiary/aromatic N) is 2. The van der Waals surface area contributed by atoms with Gasteiger partial charge in [-0.25, -0.2) is 9.98 Å². The summed E-state index contributed by atoms with van der Waals surface area (Å²) in [5.41, 5.74) is 14.4. The summed E-state index contributed by atoms with van der Waals surface area (Å²) in [6.07, 6.45) is 18.3. The first kappa shape index (κ1) is 32.5. The van der Waals surface area contributed by atoms with Gasteiger partial charge in [0.1, 0.15) is 23.9 Å². The van der Waals surface area contributed by atoms with E-state index in [9.17, 15) is 0 Å². The molecule has 1 N–H and O–H groups in total. The zero-order chi connectivity index (χ0) is 37.5. The van der Waals surface area contributed by atoms with Gasteiger partial charge in [0.25, 0.3) is 0 Å². The van der Waals surface area contributed by atoms with E-state index >= 15 is 0 Å². The van der Waals surface area contributed by atoms with Crippen LogP contribution in [-0.4, -0.2) is 17.8 Å². The summed E-state index contributed by atoms with van der Waals surface area (Å²) >= 11 is 0. The summed E-state index contributed by atoms with van der Waals surface area (Å²) in [7, 11) is 0. The maximum atomic E-state index is 7.30. The number of aliphatic imine (C=N–C) groups is 2. The first-order valence-electron chi connectivity index (χ1n) is 20.2. The molecular weight excluding hydrogens is 695 g/mol. The number of nitrogens with one attached hydrogen (secondary N) is 1. The molecule has 4 aliphatic carbocycles. The summed E-state index contributed by atoms with van der Waals surface area (Å²) < 4.78 is 7.30. The van der Waals surface area contributed by atoms with Gasteiger partial charge in [-0.15, -0.1) is 0 Å². The van der Waals surface area contributed by atoms with Crippen LogP contribution in [-0.2, 0) is 16.6 Å². The largest absolute Gasteiger partial charge is 0.489 e. The van der Waals surface area contributed by atoms with Crippen molar-refractivity contribution in [2.75, 3.05) is 0 Å². The molecule has 0 bridgehead atoms. The monoisotopic (exact) mass is 733 g/mol. The topological polar surface area (TPSA) is 46.0 Å². The molecule has 57 heavy (non-hydrogen) atoms. The number of hydrogen-bond acceptors (Lipinski definition) is 4. The number of fused-ring (bicyclic) bond motifs is 8. The lowest BCUT2D eigenvalue weighted by molar-refractivity contribution is 0.104. The fourth-order valence-electron chi connectivity index (χ4n) is 10.5. The van der Waals surface area contributed by atoms with E-state index < -0.39 is 5.41 Å². The summed E-state index contributed by atoms with van der Waals surface area (Å²) in [4.78, 5) is 10.8. The molecule has 2 heterocycles. The van der Waals surface area contributed by atoms with E-state index in [1.165, 1.54) is 60.9 Å². The molecular formula is C53H39N3O. The molecule has 3 unspecified atom stereocenters. The van der Waals surface area contributed by atoms with E-state index in [0.29, 0.717) is 0 Å². The Labute approximate surface area is 332 Å². The summed E-state index contributed by atoms with van der Waals surface area (Å²) in [6, 6.07) is 48.4. The Hall–Kier alpha value is -6.78. The van der Waals surface area contributed by atoms with Crippen molar-refractivity contribution in [3.63, 3.8) is 0 Å². The highest BCUT2D eigenvalue weighted by Crippen LogP contribution is 2.62. The Balaban J connectivity index is 1.04. The van der Waals surface area contributed by atoms with Gasteiger partial charge in [-0.1, -0.05) is 164 Å². The summed E-state index contributed by atoms with van der Waals surface area (Å²) in [5.74, 6) is 2.58. The Bertz CT molecular complexity index is 2860. The molecule has 4 nitrogen and oxygen atoms in total. The van der Waals surface area contributed by atoms with E-state index in [1.807, 2.05) is 0 Å². The van der Waals surface area contributed by atoms with Gasteiger partial charge in [0.15, 0.2) is 5.84 Å². The van der Waals surface area contributed by atoms with Gasteiger partial charge in [0.2, 0.25) is 0 Å². The van der Waals surface area contributed by atoms with E-state index in [4.69, 9.17) is 14.7 Å². The van der Waals surface area contributed by atoms with Crippen LogP contribution in [0.3, 0.4) is 0 Å². The normalized spacial score (nSPS) is 21.8. The van der Waals surface area contributed by atoms with Gasteiger partial charge in [0, 0.05) is 29.0 Å². The molecule has 0 aromatic heterocycles. The summed E-state index contributed by atoms with van der Waals surface area (Å²) in [5, 5.41) is 6.32. The molecule has 0 saturated carbocycles. The van der Waals surface area contributed by atoms with Crippen LogP contribution in [0.25, 0.3) is 28.0 Å². The van der Waals surface area contributed by atoms with Gasteiger partial charge in [-0.2, -0.15) is 0 Å². The van der Waals surface area contributed by atoms with Crippen molar-refractivity contribution in [3.05, 3.63) is 231 Å². The molecule has 6 aromatic rings. The van der Waals surface area contributed by atoms with Crippen LogP contribution in [0, 0.1) is 0 Å². The molecule has 12 rings (SSSR count). The van der Waals surface area contributed by atoms with E-state index in [1.54, 1.807) is 0 Å². The minimum absolute atomic E-state index is 0.0226. The number of amidine groups is 2. The smallest absolute Gasteiger partial charge is 0.159 e. The first-order valence-corrected chi connectivity index (χ1v) is 20.2. The van der Waals surface area contributed by atoms with Crippen molar-refractivity contribution in [3.8, 4) is 11.1 Å². The van der Waals surface area contributed by atoms with Gasteiger partial charge in [0.05, 0.1) is 5.41 Å². The van der Waals surface area contributed by atoms with Crippen LogP contribution < -0.4 is 5.32 Å². The third-order valence-corrected chi connectivity index (χ3v) is 12.8. The van der Waals surface area contributed by atoms with Crippen LogP contribution in [0.5, 0.6) is 0 Å². The molecule has 272 valence electrons. The first-order chi connectivity index (χ1) is 28.3. The fourth-order valence-corrected chi connectivity index (χ4v) is 10.5. The highest BCUT2D eigenvalue weighted by Gasteiger charge is 2.55. The zero-order valence-electron chi connectivity index (χ0n) is 31.4. The minimum Gasteiger partial charge on any atom is -0.489 e. The average Bonchev–Trinajstić information content (AvgIpc) is 3.57. The van der Waals surface area contributed by atoms with Crippen molar-refractivity contribution in [2.45, 2.75) is 42.9 Å². The summed E-state index contributed by atoms with van der Waals surface area (Å²) in [6.45, 7) is 0. The molecule has 6 aliphatic rings. The second-order valence-corrected chi connectivity index (χ2v) is 15.8. The van der Waals surface area contributed by atoms with Crippen molar-refractivity contribution in [1.29, 1.82) is 0 Å². The van der Waals surface area contributed by atoms with Gasteiger partial charge in [-0.3, -0.25) is 0 Å². The zero-order valence-corrected chi connectivity index (χ0v) is 31.4. The highest BCUT2D eigenvalue weighted by molar-refractivity contribution is 6.13. The third-order valence-electron chi connectivity index (χ3n) is 12.8. The van der Waals surface area contributed by atoms with Crippen LogP contribution in [0.1, 0.15) is 69.4 Å². The van der Waals surface area contributed by atoms with Crippen LogP contribution in [0.2, 0.25) is 0 Å². The van der Waals surface area contributed by atoms with Crippen LogP contribution >= 0.6 is 0 Å². The number of hydrogen-bond donors (Lipinski definition) is 1. The minimum atomic E-state index is -0.443. The SMILES string of the molecule is C1=CCC2OC3=C(C=CCC3c3ccccc3C3=NC(c4cc5c6c(cccc6c4)CC=C5)NC(c4ccccc4)=N3)C3(C2=C1)c1ccccc1-c1ccccc13. The maximum absolute atomic E-state index is 7.30. The quantitative estimate of drug-likeness (QED) is 0.196. The molecule has 3 atom stereocenters. The Morgan fingerprint density at radius 2 is 1.46 bits per heavy atom.